The SMILES string of the molecule is C=CC(C)C(OC(=O)C[C@H](CC[C@@]1(C)OC(c2ccc(OC)cc2)O[C@H]1C=C)O[Si](C)(C)C(C)(C)C)/C(C)=C/I. The van der Waals surface area contributed by atoms with Crippen LogP contribution in [0.3, 0.4) is 0 Å². The predicted molar refractivity (Wildman–Crippen MR) is 173 cm³/mol. The zero-order valence-electron chi connectivity index (χ0n) is 25.8. The largest absolute Gasteiger partial charge is 0.497 e. The Morgan fingerprint density at radius 1 is 1.23 bits per heavy atom. The molecule has 40 heavy (non-hydrogen) atoms. The van der Waals surface area contributed by atoms with Crippen LogP contribution < -0.4 is 4.74 Å². The molecule has 0 N–H and O–H groups in total. The predicted octanol–water partition coefficient (Wildman–Crippen LogP) is 8.69. The molecule has 1 aliphatic heterocycles. The zero-order chi connectivity index (χ0) is 30.3. The standard InChI is InChI=1S/C32H49IO6Si/c1-12-22(3)29(23(4)21-33)37-28(34)20-26(39-40(10,11)31(5,6)7)18-19-32(8)27(13-2)36-30(38-32)24-14-16-25(35-9)17-15-24/h12-17,21-22,26-27,29-30H,1-2,18-20H2,3-11H3/b23-21+/t22?,26-,27-,29?,30?,32+/m0/s1. The van der Waals surface area contributed by atoms with Crippen LogP contribution in [-0.4, -0.2) is 45.3 Å². The van der Waals surface area contributed by atoms with E-state index in [1.165, 1.54) is 0 Å². The van der Waals surface area contributed by atoms with Crippen molar-refractivity contribution in [1.29, 1.82) is 0 Å². The average molecular weight is 685 g/mol. The molecule has 1 aliphatic rings. The highest BCUT2D eigenvalue weighted by Crippen LogP contribution is 2.43. The van der Waals surface area contributed by atoms with Gasteiger partial charge in [0.2, 0.25) is 0 Å². The van der Waals surface area contributed by atoms with Gasteiger partial charge in [-0.25, -0.2) is 0 Å². The van der Waals surface area contributed by atoms with E-state index < -0.39 is 20.2 Å². The summed E-state index contributed by atoms with van der Waals surface area (Å²) >= 11 is 2.18. The van der Waals surface area contributed by atoms with Crippen LogP contribution >= 0.6 is 22.6 Å². The first-order valence-electron chi connectivity index (χ1n) is 14.0. The number of benzene rings is 1. The van der Waals surface area contributed by atoms with Crippen molar-refractivity contribution in [3.8, 4) is 5.75 Å². The minimum atomic E-state index is -2.17. The molecule has 0 aromatic heterocycles. The van der Waals surface area contributed by atoms with Crippen molar-refractivity contribution in [1.82, 2.24) is 0 Å². The van der Waals surface area contributed by atoms with E-state index in [1.807, 2.05) is 55.2 Å². The van der Waals surface area contributed by atoms with Crippen LogP contribution in [0.2, 0.25) is 18.1 Å². The summed E-state index contributed by atoms with van der Waals surface area (Å²) in [5.74, 6) is 0.502. The number of carbonyl (C=O) groups excluding carboxylic acids is 1. The number of halogens is 1. The maximum Gasteiger partial charge on any atom is 0.308 e. The van der Waals surface area contributed by atoms with Crippen molar-refractivity contribution in [2.24, 2.45) is 5.92 Å². The molecule has 0 radical (unpaired) electrons. The van der Waals surface area contributed by atoms with E-state index in [0.717, 1.165) is 16.9 Å². The molecule has 6 atom stereocenters. The van der Waals surface area contributed by atoms with E-state index in [9.17, 15) is 4.79 Å². The molecule has 0 aliphatic carbocycles. The van der Waals surface area contributed by atoms with Gasteiger partial charge in [0.15, 0.2) is 14.6 Å². The third-order valence-electron chi connectivity index (χ3n) is 8.20. The third kappa shape index (κ3) is 9.02. The topological polar surface area (TPSA) is 63.2 Å². The molecule has 0 saturated carbocycles. The van der Waals surface area contributed by atoms with Gasteiger partial charge < -0.3 is 23.4 Å². The van der Waals surface area contributed by atoms with Crippen molar-refractivity contribution in [2.75, 3.05) is 7.11 Å². The smallest absolute Gasteiger partial charge is 0.308 e. The Bertz CT molecular complexity index is 1030. The van der Waals surface area contributed by atoms with Crippen LogP contribution in [0.25, 0.3) is 0 Å². The fourth-order valence-electron chi connectivity index (χ4n) is 4.45. The van der Waals surface area contributed by atoms with Gasteiger partial charge in [-0.3, -0.25) is 4.79 Å². The second kappa shape index (κ2) is 14.6. The molecule has 1 heterocycles. The number of hydrogen-bond acceptors (Lipinski definition) is 6. The Balaban J connectivity index is 2.23. The first-order chi connectivity index (χ1) is 18.6. The van der Waals surface area contributed by atoms with Crippen molar-refractivity contribution in [2.45, 2.75) is 109 Å². The van der Waals surface area contributed by atoms with Gasteiger partial charge in [-0.1, -0.05) is 74.6 Å². The summed E-state index contributed by atoms with van der Waals surface area (Å²) in [7, 11) is -0.534. The summed E-state index contributed by atoms with van der Waals surface area (Å²) in [6.45, 7) is 24.9. The third-order valence-corrected chi connectivity index (χ3v) is 13.7. The highest BCUT2D eigenvalue weighted by atomic mass is 127. The maximum atomic E-state index is 13.3. The molecule has 8 heteroatoms. The van der Waals surface area contributed by atoms with Crippen LogP contribution in [0.4, 0.5) is 0 Å². The molecule has 0 bridgehead atoms. The fraction of sp³-hybridized carbons (Fsp3) is 0.594. The van der Waals surface area contributed by atoms with E-state index in [0.29, 0.717) is 12.8 Å². The summed E-state index contributed by atoms with van der Waals surface area (Å²) in [5.41, 5.74) is 1.27. The van der Waals surface area contributed by atoms with Gasteiger partial charge in [-0.05, 0) is 66.6 Å². The van der Waals surface area contributed by atoms with E-state index in [1.54, 1.807) is 13.2 Å². The van der Waals surface area contributed by atoms with Gasteiger partial charge >= 0.3 is 5.97 Å². The summed E-state index contributed by atoms with van der Waals surface area (Å²) < 4.78 is 32.8. The summed E-state index contributed by atoms with van der Waals surface area (Å²) in [6.07, 6.45) is 3.52. The number of methoxy groups -OCH3 is 1. The van der Waals surface area contributed by atoms with Crippen LogP contribution in [0.5, 0.6) is 5.75 Å². The summed E-state index contributed by atoms with van der Waals surface area (Å²) in [6, 6.07) is 7.68. The van der Waals surface area contributed by atoms with E-state index in [-0.39, 0.29) is 41.7 Å². The van der Waals surface area contributed by atoms with Crippen LogP contribution in [0, 0.1) is 5.92 Å². The number of rotatable bonds is 14. The monoisotopic (exact) mass is 684 g/mol. The van der Waals surface area contributed by atoms with E-state index in [2.05, 4.69) is 69.6 Å². The maximum absolute atomic E-state index is 13.3. The number of carbonyl (C=O) groups is 1. The van der Waals surface area contributed by atoms with Crippen molar-refractivity contribution >= 4 is 36.9 Å². The number of hydrogen-bond donors (Lipinski definition) is 0. The van der Waals surface area contributed by atoms with Gasteiger partial charge in [0.05, 0.1) is 25.2 Å². The molecule has 0 spiro atoms. The second-order valence-electron chi connectivity index (χ2n) is 12.4. The van der Waals surface area contributed by atoms with Crippen molar-refractivity contribution < 1.29 is 28.2 Å². The van der Waals surface area contributed by atoms with Crippen LogP contribution in [-0.2, 0) is 23.4 Å². The van der Waals surface area contributed by atoms with Gasteiger partial charge in [-0.2, -0.15) is 0 Å². The minimum Gasteiger partial charge on any atom is -0.497 e. The van der Waals surface area contributed by atoms with Gasteiger partial charge in [0.25, 0.3) is 0 Å². The van der Waals surface area contributed by atoms with Crippen molar-refractivity contribution in [3.05, 3.63) is 64.8 Å². The molecule has 2 rings (SSSR count). The first-order valence-corrected chi connectivity index (χ1v) is 18.1. The Morgan fingerprint density at radius 2 is 1.85 bits per heavy atom. The molecule has 1 fully saturated rings. The lowest BCUT2D eigenvalue weighted by Gasteiger charge is -2.40. The summed E-state index contributed by atoms with van der Waals surface area (Å²) in [4.78, 5) is 13.3. The molecule has 6 nitrogen and oxygen atoms in total. The lowest BCUT2D eigenvalue weighted by molar-refractivity contribution is -0.151. The van der Waals surface area contributed by atoms with E-state index >= 15 is 0 Å². The van der Waals surface area contributed by atoms with Gasteiger partial charge in [0, 0.05) is 11.5 Å². The Labute approximate surface area is 256 Å². The molecule has 224 valence electrons. The zero-order valence-corrected chi connectivity index (χ0v) is 28.9. The molecule has 1 aromatic carbocycles. The highest BCUT2D eigenvalue weighted by molar-refractivity contribution is 14.1. The Kier molecular flexibility index (Phi) is 12.7. The minimum absolute atomic E-state index is 0.000844. The lowest BCUT2D eigenvalue weighted by atomic mass is 9.91. The lowest BCUT2D eigenvalue weighted by Crippen LogP contribution is -2.45. The first kappa shape index (κ1) is 34.7. The van der Waals surface area contributed by atoms with Crippen LogP contribution in [0.15, 0.2) is 59.2 Å². The van der Waals surface area contributed by atoms with E-state index in [4.69, 9.17) is 23.4 Å². The Hall–Kier alpha value is -1.46. The highest BCUT2D eigenvalue weighted by Gasteiger charge is 2.46. The second-order valence-corrected chi connectivity index (χ2v) is 17.8. The van der Waals surface area contributed by atoms with Gasteiger partial charge in [-0.15, -0.1) is 13.2 Å². The average Bonchev–Trinajstić information content (AvgIpc) is 3.25. The molecular formula is C32H49IO6Si. The van der Waals surface area contributed by atoms with Gasteiger partial charge in [0.1, 0.15) is 18.0 Å². The Morgan fingerprint density at radius 3 is 2.35 bits per heavy atom. The molecule has 3 unspecified atom stereocenters. The number of esters is 1. The summed E-state index contributed by atoms with van der Waals surface area (Å²) in [5, 5.41) is -0.00440. The molecule has 1 aromatic rings. The normalized spacial score (nSPS) is 24.2. The molecule has 0 amide bonds. The van der Waals surface area contributed by atoms with Crippen LogP contribution in [0.1, 0.15) is 72.7 Å². The number of ether oxygens (including phenoxy) is 4. The quantitative estimate of drug-likeness (QED) is 0.0846. The molecule has 1 saturated heterocycles. The molecular weight excluding hydrogens is 635 g/mol. The fourth-order valence-corrected chi connectivity index (χ4v) is 6.19. The van der Waals surface area contributed by atoms with Crippen molar-refractivity contribution in [3.63, 3.8) is 0 Å².